The van der Waals surface area contributed by atoms with Crippen LogP contribution in [0.1, 0.15) is 49.6 Å². The van der Waals surface area contributed by atoms with Crippen LogP contribution < -0.4 is 10.6 Å². The van der Waals surface area contributed by atoms with Gasteiger partial charge in [0.25, 0.3) is 5.91 Å². The van der Waals surface area contributed by atoms with Crippen LogP contribution in [0.15, 0.2) is 24.3 Å². The van der Waals surface area contributed by atoms with Gasteiger partial charge in [-0.2, -0.15) is 0 Å². The Balaban J connectivity index is 1.89. The zero-order valence-electron chi connectivity index (χ0n) is 16.0. The smallest absolute Gasteiger partial charge is 0.341 e. The monoisotopic (exact) mass is 474 g/mol. The number of hydrogen-bond acceptors (Lipinski definition) is 5. The number of benzene rings is 1. The van der Waals surface area contributed by atoms with E-state index in [1.54, 1.807) is 12.1 Å². The standard InChI is InChI=1S/C20H21Cl3N2O3S/c1-11-7-9-12(10-8-11)16(26)24-19(20(21,22)23)25-17-15(18(27)28-2)13-5-3-4-6-14(13)29-17/h7-10,19,25H,3-6H2,1-2H3,(H,24,26)/t19-/m0/s1. The van der Waals surface area contributed by atoms with Crippen molar-refractivity contribution in [2.24, 2.45) is 0 Å². The average Bonchev–Trinajstić information content (AvgIpc) is 3.04. The van der Waals surface area contributed by atoms with E-state index in [0.29, 0.717) is 16.1 Å². The number of halogens is 3. The Morgan fingerprint density at radius 1 is 1.14 bits per heavy atom. The molecule has 0 saturated carbocycles. The fraction of sp³-hybridized carbons (Fsp3) is 0.400. The third-order valence-electron chi connectivity index (χ3n) is 4.75. The van der Waals surface area contributed by atoms with Gasteiger partial charge in [0.1, 0.15) is 11.2 Å². The molecule has 5 nitrogen and oxygen atoms in total. The fourth-order valence-electron chi connectivity index (χ4n) is 3.24. The maximum absolute atomic E-state index is 12.7. The van der Waals surface area contributed by atoms with E-state index in [0.717, 1.165) is 41.7 Å². The van der Waals surface area contributed by atoms with Gasteiger partial charge in [-0.15, -0.1) is 11.3 Å². The van der Waals surface area contributed by atoms with Crippen LogP contribution in [0.2, 0.25) is 0 Å². The summed E-state index contributed by atoms with van der Waals surface area (Å²) in [7, 11) is 1.34. The number of anilines is 1. The molecule has 0 radical (unpaired) electrons. The predicted octanol–water partition coefficient (Wildman–Crippen LogP) is 5.26. The Bertz CT molecular complexity index is 907. The first-order chi connectivity index (χ1) is 13.7. The van der Waals surface area contributed by atoms with E-state index in [2.05, 4.69) is 10.6 Å². The zero-order valence-corrected chi connectivity index (χ0v) is 19.1. The van der Waals surface area contributed by atoms with Crippen LogP contribution in [0.3, 0.4) is 0 Å². The van der Waals surface area contributed by atoms with Gasteiger partial charge < -0.3 is 15.4 Å². The minimum atomic E-state index is -1.85. The number of ether oxygens (including phenoxy) is 1. The van der Waals surface area contributed by atoms with E-state index < -0.39 is 21.8 Å². The second-order valence-electron chi connectivity index (χ2n) is 6.87. The summed E-state index contributed by atoms with van der Waals surface area (Å²) in [6.45, 7) is 1.93. The van der Waals surface area contributed by atoms with E-state index in [1.807, 2.05) is 19.1 Å². The van der Waals surface area contributed by atoms with Crippen molar-refractivity contribution >= 4 is 63.0 Å². The van der Waals surface area contributed by atoms with Crippen LogP contribution in [-0.4, -0.2) is 28.9 Å². The molecule has 1 amide bonds. The van der Waals surface area contributed by atoms with Gasteiger partial charge in [0, 0.05) is 10.4 Å². The van der Waals surface area contributed by atoms with Crippen LogP contribution in [0, 0.1) is 6.92 Å². The van der Waals surface area contributed by atoms with Crippen LogP contribution >= 0.6 is 46.1 Å². The molecule has 156 valence electrons. The lowest BCUT2D eigenvalue weighted by Crippen LogP contribution is -2.49. The second kappa shape index (κ2) is 9.13. The molecule has 2 N–H and O–H groups in total. The number of esters is 1. The van der Waals surface area contributed by atoms with Crippen molar-refractivity contribution in [1.82, 2.24) is 5.32 Å². The summed E-state index contributed by atoms with van der Waals surface area (Å²) in [6, 6.07) is 7.05. The van der Waals surface area contributed by atoms with Crippen LogP contribution in [0.25, 0.3) is 0 Å². The Hall–Kier alpha value is -1.47. The summed E-state index contributed by atoms with van der Waals surface area (Å²) in [4.78, 5) is 26.2. The molecule has 0 fully saturated rings. The van der Waals surface area contributed by atoms with E-state index in [-0.39, 0.29) is 0 Å². The second-order valence-corrected chi connectivity index (χ2v) is 10.3. The number of amides is 1. The number of alkyl halides is 3. The van der Waals surface area contributed by atoms with Crippen LogP contribution in [0.4, 0.5) is 5.00 Å². The highest BCUT2D eigenvalue weighted by atomic mass is 35.6. The van der Waals surface area contributed by atoms with E-state index in [4.69, 9.17) is 39.5 Å². The minimum Gasteiger partial charge on any atom is -0.465 e. The van der Waals surface area contributed by atoms with Crippen molar-refractivity contribution in [2.75, 3.05) is 12.4 Å². The van der Waals surface area contributed by atoms with Gasteiger partial charge >= 0.3 is 5.97 Å². The number of aryl methyl sites for hydroxylation is 2. The lowest BCUT2D eigenvalue weighted by atomic mass is 9.95. The normalized spacial score (nSPS) is 14.7. The molecule has 0 saturated heterocycles. The highest BCUT2D eigenvalue weighted by Crippen LogP contribution is 2.40. The average molecular weight is 476 g/mol. The molecular weight excluding hydrogens is 455 g/mol. The number of carbonyl (C=O) groups excluding carboxylic acids is 2. The van der Waals surface area contributed by atoms with Crippen molar-refractivity contribution in [3.8, 4) is 0 Å². The molecule has 1 heterocycles. The van der Waals surface area contributed by atoms with Crippen molar-refractivity contribution < 1.29 is 14.3 Å². The Kier molecular flexibility index (Phi) is 6.99. The van der Waals surface area contributed by atoms with Gasteiger partial charge in [-0.25, -0.2) is 4.79 Å². The third kappa shape index (κ3) is 5.18. The first kappa shape index (κ1) is 22.2. The summed E-state index contributed by atoms with van der Waals surface area (Å²) in [5.74, 6) is -0.838. The molecule has 1 aromatic heterocycles. The van der Waals surface area contributed by atoms with E-state index in [1.165, 1.54) is 18.4 Å². The van der Waals surface area contributed by atoms with Crippen LogP contribution in [0.5, 0.6) is 0 Å². The first-order valence-electron chi connectivity index (χ1n) is 9.14. The van der Waals surface area contributed by atoms with Gasteiger partial charge in [0.2, 0.25) is 3.79 Å². The summed E-state index contributed by atoms with van der Waals surface area (Å²) >= 11 is 19.9. The van der Waals surface area contributed by atoms with Gasteiger partial charge in [0.05, 0.1) is 12.7 Å². The number of hydrogen-bond donors (Lipinski definition) is 2. The third-order valence-corrected chi connectivity index (χ3v) is 6.63. The largest absolute Gasteiger partial charge is 0.465 e. The van der Waals surface area contributed by atoms with E-state index in [9.17, 15) is 9.59 Å². The molecule has 1 atom stereocenters. The molecule has 0 bridgehead atoms. The number of methoxy groups -OCH3 is 1. The summed E-state index contributed by atoms with van der Waals surface area (Å²) in [6.07, 6.45) is 2.70. The number of fused-ring (bicyclic) bond motifs is 1. The topological polar surface area (TPSA) is 67.4 Å². The van der Waals surface area contributed by atoms with Crippen molar-refractivity contribution in [3.63, 3.8) is 0 Å². The Morgan fingerprint density at radius 2 is 1.79 bits per heavy atom. The minimum absolute atomic E-state index is 0.394. The van der Waals surface area contributed by atoms with Gasteiger partial charge in [0.15, 0.2) is 0 Å². The van der Waals surface area contributed by atoms with E-state index >= 15 is 0 Å². The molecule has 9 heteroatoms. The number of carbonyl (C=O) groups is 2. The SMILES string of the molecule is COC(=O)c1c(N[C@H](NC(=O)c2ccc(C)cc2)C(Cl)(Cl)Cl)sc2c1CCCC2. The molecule has 0 aliphatic heterocycles. The quantitative estimate of drug-likeness (QED) is 0.352. The van der Waals surface area contributed by atoms with Gasteiger partial charge in [-0.1, -0.05) is 52.5 Å². The Labute approximate surface area is 188 Å². The zero-order chi connectivity index (χ0) is 21.2. The molecule has 3 rings (SSSR count). The lowest BCUT2D eigenvalue weighted by Gasteiger charge is -2.27. The van der Waals surface area contributed by atoms with Crippen molar-refractivity contribution in [3.05, 3.63) is 51.4 Å². The van der Waals surface area contributed by atoms with Crippen molar-refractivity contribution in [1.29, 1.82) is 0 Å². The number of nitrogens with one attached hydrogen (secondary N) is 2. The van der Waals surface area contributed by atoms with Gasteiger partial charge in [-0.3, -0.25) is 4.79 Å². The fourth-order valence-corrected chi connectivity index (χ4v) is 4.87. The first-order valence-corrected chi connectivity index (χ1v) is 11.1. The molecular formula is C20H21Cl3N2O3S. The predicted molar refractivity (Wildman–Crippen MR) is 119 cm³/mol. The molecule has 1 aromatic carbocycles. The molecule has 29 heavy (non-hydrogen) atoms. The highest BCUT2D eigenvalue weighted by molar-refractivity contribution is 7.16. The molecule has 1 aliphatic rings. The number of rotatable bonds is 5. The summed E-state index contributed by atoms with van der Waals surface area (Å²) in [5, 5.41) is 6.31. The molecule has 1 aliphatic carbocycles. The van der Waals surface area contributed by atoms with Crippen molar-refractivity contribution in [2.45, 2.75) is 42.6 Å². The number of thiophene rings is 1. The maximum Gasteiger partial charge on any atom is 0.341 e. The van der Waals surface area contributed by atoms with Gasteiger partial charge in [-0.05, 0) is 50.3 Å². The molecule has 0 spiro atoms. The lowest BCUT2D eigenvalue weighted by molar-refractivity contribution is 0.0600. The molecule has 0 unspecified atom stereocenters. The summed E-state index contributed by atoms with van der Waals surface area (Å²) < 4.78 is 3.12. The summed E-state index contributed by atoms with van der Waals surface area (Å²) in [5.41, 5.74) is 2.90. The maximum atomic E-state index is 12.7. The highest BCUT2D eigenvalue weighted by Gasteiger charge is 2.36. The van der Waals surface area contributed by atoms with Crippen LogP contribution in [-0.2, 0) is 17.6 Å². The molecule has 2 aromatic rings. The Morgan fingerprint density at radius 3 is 2.41 bits per heavy atom.